The first-order valence-corrected chi connectivity index (χ1v) is 17.6. The maximum atomic E-state index is 14.5. The number of ether oxygens (including phenoxy) is 2. The van der Waals surface area contributed by atoms with Crippen LogP contribution in [-0.2, 0) is 27.6 Å². The number of aryl methyl sites for hydroxylation is 1. The third-order valence-electron chi connectivity index (χ3n) is 11.2. The number of morpholine rings is 1. The number of alkyl halides is 3. The molecule has 12 heteroatoms. The highest BCUT2D eigenvalue weighted by molar-refractivity contribution is 5.58. The average molecular weight is 671 g/mol. The minimum absolute atomic E-state index is 0.00136. The third-order valence-corrected chi connectivity index (χ3v) is 11.2. The predicted molar refractivity (Wildman–Crippen MR) is 178 cm³/mol. The number of nitrogens with zero attached hydrogens (tertiary/aromatic N) is 4. The molecule has 0 radical (unpaired) electrons. The summed E-state index contributed by atoms with van der Waals surface area (Å²) in [5, 5.41) is 0. The topological polar surface area (TPSA) is 75.4 Å². The molecule has 3 aromatic rings. The fourth-order valence-corrected chi connectivity index (χ4v) is 8.40. The molecule has 3 aliphatic heterocycles. The molecule has 1 aliphatic carbocycles. The molecule has 1 spiro atoms. The molecule has 2 N–H and O–H groups in total. The number of imidazole rings is 1. The summed E-state index contributed by atoms with van der Waals surface area (Å²) in [6.45, 7) is 7.09. The van der Waals surface area contributed by atoms with E-state index in [0.717, 1.165) is 34.8 Å². The quantitative estimate of drug-likeness (QED) is 0.359. The van der Waals surface area contributed by atoms with E-state index in [1.165, 1.54) is 55.4 Å². The molecule has 1 aromatic carbocycles. The molecule has 0 amide bonds. The van der Waals surface area contributed by atoms with Crippen LogP contribution in [0.25, 0.3) is 11.2 Å². The van der Waals surface area contributed by atoms with Gasteiger partial charge in [0.15, 0.2) is 0 Å². The van der Waals surface area contributed by atoms with E-state index in [2.05, 4.69) is 33.8 Å². The van der Waals surface area contributed by atoms with Crippen LogP contribution in [0.1, 0.15) is 87.0 Å². The Labute approximate surface area is 280 Å². The monoisotopic (exact) mass is 670 g/mol. The Hall–Kier alpha value is -2.74. The summed E-state index contributed by atoms with van der Waals surface area (Å²) in [6, 6.07) is 7.16. The summed E-state index contributed by atoms with van der Waals surface area (Å²) < 4.78 is 57.3. The molecule has 48 heavy (non-hydrogen) atoms. The lowest BCUT2D eigenvalue weighted by Gasteiger charge is -2.45. The van der Waals surface area contributed by atoms with E-state index in [1.807, 2.05) is 26.0 Å². The van der Waals surface area contributed by atoms with Crippen molar-refractivity contribution in [3.8, 4) is 5.69 Å². The highest BCUT2D eigenvalue weighted by Gasteiger charge is 2.49. The lowest BCUT2D eigenvalue weighted by Crippen LogP contribution is -2.54. The summed E-state index contributed by atoms with van der Waals surface area (Å²) in [4.78, 5) is 18.5. The zero-order valence-electron chi connectivity index (χ0n) is 28.4. The number of hydrogen-bond acceptors (Lipinski definition) is 7. The zero-order chi connectivity index (χ0) is 33.7. The first-order chi connectivity index (χ1) is 23.0. The van der Waals surface area contributed by atoms with Gasteiger partial charge in [0.2, 0.25) is 0 Å². The van der Waals surface area contributed by atoms with Crippen LogP contribution >= 0.6 is 0 Å². The Morgan fingerprint density at radius 2 is 1.73 bits per heavy atom. The number of halogens is 3. The summed E-state index contributed by atoms with van der Waals surface area (Å²) in [6.07, 6.45) is 8.90. The zero-order valence-corrected chi connectivity index (χ0v) is 28.4. The largest absolute Gasteiger partial charge is 0.418 e. The van der Waals surface area contributed by atoms with Gasteiger partial charge in [-0.1, -0.05) is 44.6 Å². The number of benzene rings is 1. The normalized spacial score (nSPS) is 25.5. The Kier molecular flexibility index (Phi) is 9.27. The van der Waals surface area contributed by atoms with E-state index >= 15 is 0 Å². The number of hydrazine groups is 1. The Bertz CT molecular complexity index is 1670. The lowest BCUT2D eigenvalue weighted by atomic mass is 9.74. The molecule has 2 aromatic heterocycles. The fraction of sp³-hybridized carbons (Fsp3) is 0.639. The van der Waals surface area contributed by atoms with Crippen molar-refractivity contribution in [2.45, 2.75) is 108 Å². The van der Waals surface area contributed by atoms with Crippen molar-refractivity contribution in [3.63, 3.8) is 0 Å². The molecule has 262 valence electrons. The van der Waals surface area contributed by atoms with Gasteiger partial charge in [0, 0.05) is 37.4 Å². The van der Waals surface area contributed by atoms with Crippen molar-refractivity contribution in [2.24, 2.45) is 0 Å². The molecule has 9 nitrogen and oxygen atoms in total. The number of pyridine rings is 1. The molecule has 3 saturated heterocycles. The summed E-state index contributed by atoms with van der Waals surface area (Å²) in [7, 11) is 2.21. The molecule has 4 aliphatic rings. The van der Waals surface area contributed by atoms with Crippen LogP contribution in [-0.4, -0.2) is 76.7 Å². The van der Waals surface area contributed by atoms with Crippen LogP contribution in [0.3, 0.4) is 0 Å². The van der Waals surface area contributed by atoms with Crippen LogP contribution in [0.2, 0.25) is 0 Å². The van der Waals surface area contributed by atoms with Crippen molar-refractivity contribution < 1.29 is 22.6 Å². The maximum absolute atomic E-state index is 14.5. The predicted octanol–water partition coefficient (Wildman–Crippen LogP) is 5.49. The van der Waals surface area contributed by atoms with Gasteiger partial charge in [-0.3, -0.25) is 18.8 Å². The SMILES string of the molecule is Cc1cc(-n2cc3c(C(F)(F)F)cc(CN4CCO[C@H](C)C4)cn3c2=O)cc(C2(CC3NNC4(CCCCCCCC4)N3C)COC2)c1. The summed E-state index contributed by atoms with van der Waals surface area (Å²) in [5.74, 6) is 0. The fourth-order valence-electron chi connectivity index (χ4n) is 8.40. The van der Waals surface area contributed by atoms with Crippen molar-refractivity contribution in [3.05, 3.63) is 69.4 Å². The van der Waals surface area contributed by atoms with E-state index in [-0.39, 0.29) is 28.9 Å². The molecular weight excluding hydrogens is 621 g/mol. The number of rotatable bonds is 6. The molecule has 5 heterocycles. The first-order valence-electron chi connectivity index (χ1n) is 17.6. The van der Waals surface area contributed by atoms with Crippen molar-refractivity contribution in [1.29, 1.82) is 0 Å². The molecule has 4 fully saturated rings. The third kappa shape index (κ3) is 6.47. The summed E-state index contributed by atoms with van der Waals surface area (Å²) >= 11 is 0. The van der Waals surface area contributed by atoms with E-state index < -0.39 is 17.4 Å². The van der Waals surface area contributed by atoms with Gasteiger partial charge in [-0.15, -0.1) is 0 Å². The molecule has 0 bridgehead atoms. The molecule has 7 rings (SSSR count). The van der Waals surface area contributed by atoms with E-state index in [0.29, 0.717) is 50.7 Å². The Balaban J connectivity index is 1.20. The Morgan fingerprint density at radius 3 is 2.40 bits per heavy atom. The summed E-state index contributed by atoms with van der Waals surface area (Å²) in [5.41, 5.74) is 8.44. The second-order valence-corrected chi connectivity index (χ2v) is 14.8. The number of nitrogens with one attached hydrogen (secondary N) is 2. The van der Waals surface area contributed by atoms with Crippen LogP contribution in [0, 0.1) is 6.92 Å². The number of hydrogen-bond donors (Lipinski definition) is 2. The minimum atomic E-state index is -4.62. The molecule has 1 saturated carbocycles. The van der Waals surface area contributed by atoms with Gasteiger partial charge < -0.3 is 9.47 Å². The van der Waals surface area contributed by atoms with Crippen LogP contribution < -0.4 is 16.5 Å². The van der Waals surface area contributed by atoms with E-state index in [1.54, 1.807) is 6.20 Å². The minimum Gasteiger partial charge on any atom is -0.379 e. The van der Waals surface area contributed by atoms with Gasteiger partial charge >= 0.3 is 11.9 Å². The number of aromatic nitrogens is 2. The molecule has 2 atom stereocenters. The van der Waals surface area contributed by atoms with Crippen LogP contribution in [0.4, 0.5) is 13.2 Å². The van der Waals surface area contributed by atoms with Gasteiger partial charge in [-0.2, -0.15) is 13.2 Å². The lowest BCUT2D eigenvalue weighted by molar-refractivity contribution is -0.136. The van der Waals surface area contributed by atoms with Gasteiger partial charge in [0.05, 0.1) is 54.5 Å². The smallest absolute Gasteiger partial charge is 0.379 e. The molecular formula is C36H49F3N6O3. The highest BCUT2D eigenvalue weighted by Crippen LogP contribution is 2.42. The molecule has 1 unspecified atom stereocenters. The number of fused-ring (bicyclic) bond motifs is 1. The van der Waals surface area contributed by atoms with E-state index in [4.69, 9.17) is 9.47 Å². The Morgan fingerprint density at radius 1 is 1.00 bits per heavy atom. The standard InChI is InChI=1S/C36H49F3N6O3/c1-25-14-28(34(23-47-24-34)18-32-40-41-35(42(32)3)10-8-6-4-5-7-9-11-35)17-29(15-25)44-22-31-30(36(37,38)39)16-27(21-45(31)33(44)46)20-43-12-13-48-26(2)19-43/h14-17,21-22,26,32,40-41H,4-13,18-20,23-24H2,1-3H3/t26-,32?/m1/s1. The van der Waals surface area contributed by atoms with Crippen molar-refractivity contribution in [2.75, 3.05) is 40.0 Å². The maximum Gasteiger partial charge on any atom is 0.418 e. The first kappa shape index (κ1) is 33.7. The van der Waals surface area contributed by atoms with Crippen molar-refractivity contribution in [1.82, 2.24) is 29.6 Å². The van der Waals surface area contributed by atoms with Gasteiger partial charge in [0.25, 0.3) is 0 Å². The van der Waals surface area contributed by atoms with Crippen LogP contribution in [0.5, 0.6) is 0 Å². The average Bonchev–Trinajstić information content (AvgIpc) is 3.55. The van der Waals surface area contributed by atoms with Crippen molar-refractivity contribution >= 4 is 5.52 Å². The van der Waals surface area contributed by atoms with Gasteiger partial charge in [0.1, 0.15) is 0 Å². The van der Waals surface area contributed by atoms with Gasteiger partial charge in [-0.25, -0.2) is 15.6 Å². The second kappa shape index (κ2) is 13.2. The van der Waals surface area contributed by atoms with Gasteiger partial charge in [-0.05, 0) is 75.0 Å². The van der Waals surface area contributed by atoms with Crippen LogP contribution in [0.15, 0.2) is 41.5 Å². The second-order valence-electron chi connectivity index (χ2n) is 14.8. The highest BCUT2D eigenvalue weighted by atomic mass is 19.4. The van der Waals surface area contributed by atoms with E-state index in [9.17, 15) is 18.0 Å².